The van der Waals surface area contributed by atoms with Crippen LogP contribution in [0.2, 0.25) is 0 Å². The maximum atomic E-state index is 14.1. The second-order valence-corrected chi connectivity index (χ2v) is 10.2. The second-order valence-electron chi connectivity index (χ2n) is 10.2. The summed E-state index contributed by atoms with van der Waals surface area (Å²) < 4.78 is 17.5. The fourth-order valence-electron chi connectivity index (χ4n) is 6.55. The fourth-order valence-corrected chi connectivity index (χ4v) is 6.55. The third kappa shape index (κ3) is 4.75. The molecule has 6 nitrogen and oxygen atoms in total. The summed E-state index contributed by atoms with van der Waals surface area (Å²) in [6.07, 6.45) is 3.58. The quantitative estimate of drug-likeness (QED) is 0.362. The van der Waals surface area contributed by atoms with Gasteiger partial charge >= 0.3 is 11.9 Å². The molecule has 198 valence electrons. The molecule has 2 saturated carbocycles. The fraction of sp³-hybridized carbons (Fsp3) is 0.375. The molecule has 0 aromatic heterocycles. The first-order chi connectivity index (χ1) is 18.5. The molecule has 0 heterocycles. The molecule has 1 N–H and O–H groups in total. The maximum absolute atomic E-state index is 14.1. The maximum Gasteiger partial charge on any atom is 0.310 e. The van der Waals surface area contributed by atoms with Crippen molar-refractivity contribution in [1.82, 2.24) is 0 Å². The molecule has 0 amide bonds. The van der Waals surface area contributed by atoms with E-state index in [0.29, 0.717) is 22.6 Å². The van der Waals surface area contributed by atoms with E-state index in [1.165, 1.54) is 5.56 Å². The molecule has 0 aliphatic heterocycles. The van der Waals surface area contributed by atoms with E-state index < -0.39 is 29.6 Å². The van der Waals surface area contributed by atoms with Crippen LogP contribution in [-0.4, -0.2) is 37.4 Å². The first-order valence-electron chi connectivity index (χ1n) is 13.3. The Morgan fingerprint density at radius 3 is 1.79 bits per heavy atom. The summed E-state index contributed by atoms with van der Waals surface area (Å²) in [5, 5.41) is 10.4. The molecule has 0 saturated heterocycles. The molecule has 3 aromatic carbocycles. The van der Waals surface area contributed by atoms with E-state index in [0.717, 1.165) is 25.7 Å². The number of para-hydroxylation sites is 2. The lowest BCUT2D eigenvalue weighted by atomic mass is 9.52. The van der Waals surface area contributed by atoms with Crippen LogP contribution in [0.15, 0.2) is 78.9 Å². The van der Waals surface area contributed by atoms with Crippen molar-refractivity contribution >= 4 is 11.9 Å². The molecule has 2 unspecified atom stereocenters. The minimum absolute atomic E-state index is 0.124. The Labute approximate surface area is 223 Å². The molecule has 2 fully saturated rings. The highest BCUT2D eigenvalue weighted by Crippen LogP contribution is 2.61. The van der Waals surface area contributed by atoms with E-state index >= 15 is 0 Å². The van der Waals surface area contributed by atoms with Gasteiger partial charge < -0.3 is 19.3 Å². The molecule has 5 rings (SSSR count). The highest BCUT2D eigenvalue weighted by Gasteiger charge is 2.60. The number of carbonyl (C=O) groups is 2. The van der Waals surface area contributed by atoms with E-state index in [9.17, 15) is 14.7 Å². The zero-order chi connectivity index (χ0) is 26.6. The van der Waals surface area contributed by atoms with E-state index in [1.54, 1.807) is 26.4 Å². The summed E-state index contributed by atoms with van der Waals surface area (Å²) in [5.41, 5.74) is 2.59. The van der Waals surface area contributed by atoms with Gasteiger partial charge in [0.2, 0.25) is 0 Å². The van der Waals surface area contributed by atoms with Gasteiger partial charge in [0.05, 0.1) is 26.1 Å². The first-order valence-corrected chi connectivity index (χ1v) is 13.3. The number of methoxy groups -OCH3 is 2. The Balaban J connectivity index is 1.54. The Bertz CT molecular complexity index is 1220. The van der Waals surface area contributed by atoms with Crippen LogP contribution in [0.5, 0.6) is 11.5 Å². The van der Waals surface area contributed by atoms with E-state index in [1.807, 2.05) is 54.6 Å². The minimum Gasteiger partial charge on any atom is -0.496 e. The predicted molar refractivity (Wildman–Crippen MR) is 144 cm³/mol. The third-order valence-corrected chi connectivity index (χ3v) is 8.30. The highest BCUT2D eigenvalue weighted by molar-refractivity contribution is 5.85. The topological polar surface area (TPSA) is 82.1 Å². The number of carboxylic acid groups (broad SMARTS) is 1. The number of hydrogen-bond acceptors (Lipinski definition) is 5. The lowest BCUT2D eigenvalue weighted by Gasteiger charge is -2.50. The van der Waals surface area contributed by atoms with Gasteiger partial charge in [-0.25, -0.2) is 0 Å². The Hall–Kier alpha value is -3.80. The van der Waals surface area contributed by atoms with Crippen LogP contribution in [0.4, 0.5) is 0 Å². The van der Waals surface area contributed by atoms with E-state index in [2.05, 4.69) is 12.1 Å². The smallest absolute Gasteiger partial charge is 0.310 e. The number of esters is 1. The van der Waals surface area contributed by atoms with Gasteiger partial charge in [0.25, 0.3) is 0 Å². The summed E-state index contributed by atoms with van der Waals surface area (Å²) >= 11 is 0. The van der Waals surface area contributed by atoms with Crippen molar-refractivity contribution < 1.29 is 28.9 Å². The molecule has 2 aliphatic carbocycles. The van der Waals surface area contributed by atoms with Gasteiger partial charge in [-0.05, 0) is 48.1 Å². The Morgan fingerprint density at radius 2 is 1.24 bits per heavy atom. The van der Waals surface area contributed by atoms with Gasteiger partial charge in [-0.3, -0.25) is 9.59 Å². The van der Waals surface area contributed by atoms with Crippen molar-refractivity contribution in [2.45, 2.75) is 49.5 Å². The number of carboxylic acids is 1. The van der Waals surface area contributed by atoms with Crippen LogP contribution in [0.3, 0.4) is 0 Å². The summed E-state index contributed by atoms with van der Waals surface area (Å²) in [6, 6.07) is 24.9. The molecular weight excluding hydrogens is 480 g/mol. The molecule has 0 spiro atoms. The van der Waals surface area contributed by atoms with E-state index in [4.69, 9.17) is 14.2 Å². The highest BCUT2D eigenvalue weighted by atomic mass is 16.5. The molecule has 2 aliphatic rings. The van der Waals surface area contributed by atoms with Crippen LogP contribution >= 0.6 is 0 Å². The lowest BCUT2D eigenvalue weighted by molar-refractivity contribution is -0.170. The lowest BCUT2D eigenvalue weighted by Crippen LogP contribution is -2.52. The second kappa shape index (κ2) is 11.3. The van der Waals surface area contributed by atoms with E-state index in [-0.39, 0.29) is 18.0 Å². The zero-order valence-electron chi connectivity index (χ0n) is 21.8. The van der Waals surface area contributed by atoms with Gasteiger partial charge in [-0.1, -0.05) is 73.2 Å². The third-order valence-electron chi connectivity index (χ3n) is 8.30. The number of ether oxygens (including phenoxy) is 3. The molecule has 0 radical (unpaired) electrons. The van der Waals surface area contributed by atoms with Gasteiger partial charge in [0.1, 0.15) is 17.6 Å². The largest absolute Gasteiger partial charge is 0.496 e. The van der Waals surface area contributed by atoms with Crippen LogP contribution in [-0.2, 0) is 14.3 Å². The van der Waals surface area contributed by atoms with Crippen LogP contribution in [0, 0.1) is 11.8 Å². The monoisotopic (exact) mass is 514 g/mol. The predicted octanol–water partition coefficient (Wildman–Crippen LogP) is 6.17. The SMILES string of the molecule is COc1ccccc1C1C(C(=O)O)C(c2ccccc2OC)C1C(=O)O[C@@H]1CCCC[C@H]1c1ccccc1. The average Bonchev–Trinajstić information content (AvgIpc) is 2.93. The van der Waals surface area contributed by atoms with Crippen LogP contribution in [0.1, 0.15) is 60.1 Å². The van der Waals surface area contributed by atoms with Crippen molar-refractivity contribution in [1.29, 1.82) is 0 Å². The van der Waals surface area contributed by atoms with Gasteiger partial charge in [-0.15, -0.1) is 0 Å². The standard InChI is InChI=1S/C32H34O6/c1-36-24-17-9-7-15-22(24)27-29(31(33)34)28(23-16-8-10-18-25(23)37-2)30(27)32(35)38-26-19-11-6-14-21(26)20-12-4-3-5-13-20/h3-5,7-10,12-13,15-18,21,26-30H,6,11,14,19H2,1-2H3,(H,33,34)/t21-,26+,27?,28?,29?,30?/m0/s1. The molecule has 38 heavy (non-hydrogen) atoms. The minimum atomic E-state index is -0.958. The normalized spacial score (nSPS) is 26.6. The Morgan fingerprint density at radius 1 is 0.711 bits per heavy atom. The van der Waals surface area contributed by atoms with Crippen molar-refractivity contribution in [3.8, 4) is 11.5 Å². The van der Waals surface area contributed by atoms with Gasteiger partial charge in [0, 0.05) is 17.8 Å². The number of hydrogen-bond donors (Lipinski definition) is 1. The van der Waals surface area contributed by atoms with Gasteiger partial charge in [-0.2, -0.15) is 0 Å². The first kappa shape index (κ1) is 25.8. The van der Waals surface area contributed by atoms with Crippen LogP contribution < -0.4 is 9.47 Å². The molecule has 4 atom stereocenters. The summed E-state index contributed by atoms with van der Waals surface area (Å²) in [5.74, 6) is -2.77. The van der Waals surface area contributed by atoms with Crippen molar-refractivity contribution in [3.63, 3.8) is 0 Å². The molecule has 0 bridgehead atoms. The van der Waals surface area contributed by atoms with Crippen molar-refractivity contribution in [2.75, 3.05) is 14.2 Å². The summed E-state index contributed by atoms with van der Waals surface area (Å²) in [7, 11) is 3.12. The summed E-state index contributed by atoms with van der Waals surface area (Å²) in [6.45, 7) is 0. The van der Waals surface area contributed by atoms with Gasteiger partial charge in [0.15, 0.2) is 0 Å². The number of benzene rings is 3. The number of rotatable bonds is 8. The van der Waals surface area contributed by atoms with Crippen molar-refractivity contribution in [3.05, 3.63) is 95.6 Å². The van der Waals surface area contributed by atoms with Crippen molar-refractivity contribution in [2.24, 2.45) is 11.8 Å². The molecular formula is C32H34O6. The number of aliphatic carboxylic acids is 1. The summed E-state index contributed by atoms with van der Waals surface area (Å²) in [4.78, 5) is 26.8. The number of carbonyl (C=O) groups excluding carboxylic acids is 1. The molecule has 6 heteroatoms. The van der Waals surface area contributed by atoms with Crippen LogP contribution in [0.25, 0.3) is 0 Å². The average molecular weight is 515 g/mol. The Kier molecular flexibility index (Phi) is 7.68. The molecule has 3 aromatic rings. The zero-order valence-corrected chi connectivity index (χ0v) is 21.8.